The van der Waals surface area contributed by atoms with Gasteiger partial charge in [0, 0.05) is 5.69 Å². The fraction of sp³-hybridized carbons (Fsp3) is 0.588. The van der Waals surface area contributed by atoms with Crippen molar-refractivity contribution in [3.63, 3.8) is 0 Å². The lowest BCUT2D eigenvalue weighted by molar-refractivity contribution is -0.144. The molecule has 0 bridgehead atoms. The number of carbonyl (C=O) groups is 1. The number of hydrogen-bond donors (Lipinski definition) is 2. The van der Waals surface area contributed by atoms with Gasteiger partial charge in [0.05, 0.1) is 0 Å². The molecule has 1 unspecified atom stereocenters. The average Bonchev–Trinajstić information content (AvgIpc) is 2.44. The summed E-state index contributed by atoms with van der Waals surface area (Å²) in [6, 6.07) is 3.35. The van der Waals surface area contributed by atoms with Crippen molar-refractivity contribution in [3.05, 3.63) is 28.8 Å². The van der Waals surface area contributed by atoms with E-state index in [4.69, 9.17) is 5.73 Å². The Morgan fingerprint density at radius 3 is 2.57 bits per heavy atom. The van der Waals surface area contributed by atoms with E-state index in [1.807, 2.05) is 26.0 Å². The molecule has 4 nitrogen and oxygen atoms in total. The van der Waals surface area contributed by atoms with Gasteiger partial charge in [0.15, 0.2) is 0 Å². The van der Waals surface area contributed by atoms with Crippen molar-refractivity contribution in [2.45, 2.75) is 46.1 Å². The first-order valence-corrected chi connectivity index (χ1v) is 7.79. The average molecular weight is 290 g/mol. The van der Waals surface area contributed by atoms with Crippen LogP contribution in [0.5, 0.6) is 0 Å². The Morgan fingerprint density at radius 2 is 2.05 bits per heavy atom. The molecule has 0 aliphatic carbocycles. The molecular weight excluding hydrogens is 264 g/mol. The normalized spacial score (nSPS) is 18.6. The quantitative estimate of drug-likeness (QED) is 0.837. The molecule has 1 heterocycles. The topological polar surface area (TPSA) is 66.6 Å². The van der Waals surface area contributed by atoms with E-state index in [9.17, 15) is 9.90 Å². The van der Waals surface area contributed by atoms with Gasteiger partial charge >= 0.3 is 5.97 Å². The van der Waals surface area contributed by atoms with Crippen molar-refractivity contribution in [2.75, 3.05) is 18.8 Å². The van der Waals surface area contributed by atoms with Gasteiger partial charge in [-0.2, -0.15) is 0 Å². The molecule has 0 saturated carbocycles. The van der Waals surface area contributed by atoms with Crippen LogP contribution in [0, 0.1) is 12.8 Å². The van der Waals surface area contributed by atoms with Gasteiger partial charge < -0.3 is 10.8 Å². The number of rotatable bonds is 4. The van der Waals surface area contributed by atoms with E-state index in [0.29, 0.717) is 5.92 Å². The van der Waals surface area contributed by atoms with Gasteiger partial charge in [-0.1, -0.05) is 26.0 Å². The lowest BCUT2D eigenvalue weighted by atomic mass is 9.93. The number of carboxylic acids is 1. The number of hydrogen-bond acceptors (Lipinski definition) is 3. The highest BCUT2D eigenvalue weighted by Gasteiger charge is 2.30. The second-order valence-electron chi connectivity index (χ2n) is 6.22. The minimum absolute atomic E-state index is 0.554. The molecule has 116 valence electrons. The summed E-state index contributed by atoms with van der Waals surface area (Å²) < 4.78 is 0. The van der Waals surface area contributed by atoms with E-state index >= 15 is 0 Å². The van der Waals surface area contributed by atoms with Crippen LogP contribution in [0.2, 0.25) is 0 Å². The molecule has 1 aromatic rings. The van der Waals surface area contributed by atoms with Crippen molar-refractivity contribution in [3.8, 4) is 0 Å². The number of nitrogens with two attached hydrogens (primary N) is 1. The lowest BCUT2D eigenvalue weighted by Gasteiger charge is -2.35. The fourth-order valence-corrected chi connectivity index (χ4v) is 3.15. The first-order chi connectivity index (χ1) is 9.93. The fourth-order valence-electron chi connectivity index (χ4n) is 3.15. The molecule has 21 heavy (non-hydrogen) atoms. The van der Waals surface area contributed by atoms with Crippen LogP contribution in [0.25, 0.3) is 0 Å². The molecule has 1 fully saturated rings. The van der Waals surface area contributed by atoms with Gasteiger partial charge in [0.1, 0.15) is 6.04 Å². The van der Waals surface area contributed by atoms with Gasteiger partial charge in [-0.05, 0) is 61.9 Å². The molecule has 1 aromatic carbocycles. The van der Waals surface area contributed by atoms with E-state index in [1.54, 1.807) is 0 Å². The monoisotopic (exact) mass is 290 g/mol. The molecule has 3 N–H and O–H groups in total. The number of benzene rings is 1. The van der Waals surface area contributed by atoms with Crippen molar-refractivity contribution in [1.82, 2.24) is 4.90 Å². The molecule has 0 spiro atoms. The van der Waals surface area contributed by atoms with Crippen LogP contribution in [-0.2, 0) is 11.2 Å². The van der Waals surface area contributed by atoms with Crippen LogP contribution >= 0.6 is 0 Å². The summed E-state index contributed by atoms with van der Waals surface area (Å²) in [5.74, 6) is -0.0779. The summed E-state index contributed by atoms with van der Waals surface area (Å²) in [5, 5.41) is 9.70. The Hall–Kier alpha value is -1.55. The number of nitrogen functional groups attached to an aromatic ring is 1. The van der Waals surface area contributed by atoms with Crippen molar-refractivity contribution >= 4 is 11.7 Å². The third-order valence-electron chi connectivity index (χ3n) is 4.61. The van der Waals surface area contributed by atoms with E-state index in [1.165, 1.54) is 0 Å². The minimum atomic E-state index is -0.768. The largest absolute Gasteiger partial charge is 0.480 e. The highest BCUT2D eigenvalue weighted by Crippen LogP contribution is 2.30. The van der Waals surface area contributed by atoms with E-state index in [-0.39, 0.29) is 0 Å². The summed E-state index contributed by atoms with van der Waals surface area (Å²) in [5.41, 5.74) is 9.74. The summed E-state index contributed by atoms with van der Waals surface area (Å²) in [4.78, 5) is 13.9. The second kappa shape index (κ2) is 6.48. The van der Waals surface area contributed by atoms with Crippen LogP contribution in [0.15, 0.2) is 12.1 Å². The number of likely N-dealkylation sites (tertiary alicyclic amines) is 1. The standard InChI is InChI=1S/C17H26N2O2/c1-4-13-10-14(9-12(3)15(13)18)16(17(20)21)19-7-5-11(2)6-8-19/h9-11,16H,4-8,18H2,1-3H3,(H,20,21). The number of aliphatic carboxylic acids is 1. The van der Waals surface area contributed by atoms with Gasteiger partial charge in [0.25, 0.3) is 0 Å². The zero-order valence-corrected chi connectivity index (χ0v) is 13.2. The van der Waals surface area contributed by atoms with Gasteiger partial charge in [-0.25, -0.2) is 0 Å². The molecule has 0 radical (unpaired) electrons. The molecular formula is C17H26N2O2. The first kappa shape index (κ1) is 15.8. The summed E-state index contributed by atoms with van der Waals surface area (Å²) in [7, 11) is 0. The van der Waals surface area contributed by atoms with Crippen LogP contribution in [0.3, 0.4) is 0 Å². The third kappa shape index (κ3) is 3.38. The first-order valence-electron chi connectivity index (χ1n) is 7.79. The maximum Gasteiger partial charge on any atom is 0.325 e. The van der Waals surface area contributed by atoms with E-state index in [0.717, 1.165) is 54.7 Å². The summed E-state index contributed by atoms with van der Waals surface area (Å²) in [6.45, 7) is 7.93. The molecule has 1 atom stereocenters. The zero-order valence-electron chi connectivity index (χ0n) is 13.2. The van der Waals surface area contributed by atoms with Gasteiger partial charge in [-0.15, -0.1) is 0 Å². The Bertz CT molecular complexity index is 520. The van der Waals surface area contributed by atoms with E-state index < -0.39 is 12.0 Å². The van der Waals surface area contributed by atoms with Crippen LogP contribution in [0.1, 0.15) is 49.4 Å². The van der Waals surface area contributed by atoms with Gasteiger partial charge in [0.2, 0.25) is 0 Å². The zero-order chi connectivity index (χ0) is 15.6. The predicted molar refractivity (Wildman–Crippen MR) is 85.3 cm³/mol. The van der Waals surface area contributed by atoms with Crippen molar-refractivity contribution in [2.24, 2.45) is 5.92 Å². The molecule has 0 aromatic heterocycles. The highest BCUT2D eigenvalue weighted by molar-refractivity contribution is 5.76. The Balaban J connectivity index is 2.34. The number of carboxylic acid groups (broad SMARTS) is 1. The smallest absolute Gasteiger partial charge is 0.325 e. The number of anilines is 1. The molecule has 0 amide bonds. The molecule has 2 rings (SSSR count). The molecule has 4 heteroatoms. The third-order valence-corrected chi connectivity index (χ3v) is 4.61. The summed E-state index contributed by atoms with van der Waals surface area (Å²) >= 11 is 0. The maximum atomic E-state index is 11.8. The molecule has 1 saturated heterocycles. The lowest BCUT2D eigenvalue weighted by Crippen LogP contribution is -2.39. The van der Waals surface area contributed by atoms with E-state index in [2.05, 4.69) is 11.8 Å². The SMILES string of the molecule is CCc1cc(C(C(=O)O)N2CCC(C)CC2)cc(C)c1N. The molecule has 1 aliphatic heterocycles. The molecule has 1 aliphatic rings. The Kier molecular flexibility index (Phi) is 4.88. The number of nitrogens with zero attached hydrogens (tertiary/aromatic N) is 1. The van der Waals surface area contributed by atoms with Crippen LogP contribution < -0.4 is 5.73 Å². The van der Waals surface area contributed by atoms with Crippen molar-refractivity contribution < 1.29 is 9.90 Å². The predicted octanol–water partition coefficient (Wildman–Crippen LogP) is 3.00. The van der Waals surface area contributed by atoms with Crippen LogP contribution in [-0.4, -0.2) is 29.1 Å². The Labute approximate surface area is 126 Å². The summed E-state index contributed by atoms with van der Waals surface area (Å²) in [6.07, 6.45) is 2.96. The highest BCUT2D eigenvalue weighted by atomic mass is 16.4. The van der Waals surface area contributed by atoms with Crippen molar-refractivity contribution in [1.29, 1.82) is 0 Å². The number of aryl methyl sites for hydroxylation is 2. The Morgan fingerprint density at radius 1 is 1.43 bits per heavy atom. The minimum Gasteiger partial charge on any atom is -0.480 e. The second-order valence-corrected chi connectivity index (χ2v) is 6.22. The number of piperidine rings is 1. The maximum absolute atomic E-state index is 11.8. The van der Waals surface area contributed by atoms with Crippen LogP contribution in [0.4, 0.5) is 5.69 Å². The van der Waals surface area contributed by atoms with Gasteiger partial charge in [-0.3, -0.25) is 9.69 Å².